The van der Waals surface area contributed by atoms with E-state index in [0.717, 1.165) is 12.8 Å². The summed E-state index contributed by atoms with van der Waals surface area (Å²) >= 11 is 0. The van der Waals surface area contributed by atoms with Crippen LogP contribution in [0.25, 0.3) is 0 Å². The number of quaternary nitrogens is 1. The number of hydrogen-bond acceptors (Lipinski definition) is 4. The van der Waals surface area contributed by atoms with E-state index in [1.165, 1.54) is 6.42 Å². The molecule has 5 heteroatoms. The predicted octanol–water partition coefficient (Wildman–Crippen LogP) is 3.16. The Kier molecular flexibility index (Phi) is 5.58. The van der Waals surface area contributed by atoms with Crippen LogP contribution < -0.4 is 0 Å². The van der Waals surface area contributed by atoms with Crippen molar-refractivity contribution in [3.8, 4) is 0 Å². The molecule has 2 aliphatic carbocycles. The first-order valence-corrected chi connectivity index (χ1v) is 9.58. The quantitative estimate of drug-likeness (QED) is 0.520. The van der Waals surface area contributed by atoms with Gasteiger partial charge in [0.25, 0.3) is 0 Å². The van der Waals surface area contributed by atoms with E-state index in [1.807, 2.05) is 27.9 Å². The van der Waals surface area contributed by atoms with Crippen LogP contribution in [0.3, 0.4) is 0 Å². The summed E-state index contributed by atoms with van der Waals surface area (Å²) in [5.41, 5.74) is 0.340. The van der Waals surface area contributed by atoms with E-state index < -0.39 is 0 Å². The third-order valence-electron chi connectivity index (χ3n) is 6.83. The van der Waals surface area contributed by atoms with Crippen LogP contribution in [-0.2, 0) is 19.1 Å². The molecule has 2 bridgehead atoms. The first-order chi connectivity index (χ1) is 11.4. The zero-order valence-corrected chi connectivity index (χ0v) is 17.1. The maximum Gasteiger partial charge on any atom is 0.362 e. The highest BCUT2D eigenvalue weighted by Gasteiger charge is 2.62. The van der Waals surface area contributed by atoms with Crippen molar-refractivity contribution in [1.82, 2.24) is 0 Å². The minimum absolute atomic E-state index is 0.0373. The van der Waals surface area contributed by atoms with Gasteiger partial charge >= 0.3 is 11.9 Å². The summed E-state index contributed by atoms with van der Waals surface area (Å²) < 4.78 is 11.5. The van der Waals surface area contributed by atoms with Crippen LogP contribution in [0.4, 0.5) is 0 Å². The van der Waals surface area contributed by atoms with Gasteiger partial charge < -0.3 is 14.0 Å². The molecule has 0 saturated heterocycles. The molecule has 0 unspecified atom stereocenters. The SMILES string of the molecule is CC(C)OC(=O)C[N+](C)(C)CCC(=O)O[C@H]1C[C@H]2CC[C@@]1(C)C2(C)C. The molecule has 0 aliphatic heterocycles. The van der Waals surface area contributed by atoms with Gasteiger partial charge in [0, 0.05) is 5.41 Å². The van der Waals surface area contributed by atoms with E-state index in [9.17, 15) is 9.59 Å². The number of ether oxygens (including phenoxy) is 2. The Hall–Kier alpha value is -1.10. The fourth-order valence-corrected chi connectivity index (χ4v) is 4.65. The van der Waals surface area contributed by atoms with Crippen molar-refractivity contribution in [3.63, 3.8) is 0 Å². The number of carbonyl (C=O) groups excluding carboxylic acids is 2. The van der Waals surface area contributed by atoms with Gasteiger partial charge in [-0.25, -0.2) is 4.79 Å². The van der Waals surface area contributed by atoms with Crippen LogP contribution in [-0.4, -0.2) is 55.8 Å². The van der Waals surface area contributed by atoms with Crippen molar-refractivity contribution in [3.05, 3.63) is 0 Å². The Bertz CT molecular complexity index is 526. The number of likely N-dealkylation sites (N-methyl/N-ethyl adjacent to an activating group) is 1. The molecule has 0 heterocycles. The monoisotopic (exact) mass is 354 g/mol. The van der Waals surface area contributed by atoms with Gasteiger partial charge in [0.05, 0.1) is 33.2 Å². The smallest absolute Gasteiger partial charge is 0.362 e. The Labute approximate surface area is 152 Å². The number of fused-ring (bicyclic) bond motifs is 2. The van der Waals surface area contributed by atoms with Crippen LogP contribution in [0.2, 0.25) is 0 Å². The number of rotatable bonds is 7. The lowest BCUT2D eigenvalue weighted by molar-refractivity contribution is -0.882. The van der Waals surface area contributed by atoms with Crippen LogP contribution in [0.5, 0.6) is 0 Å². The van der Waals surface area contributed by atoms with Crippen LogP contribution in [0, 0.1) is 16.7 Å². The van der Waals surface area contributed by atoms with Gasteiger partial charge in [-0.05, 0) is 44.4 Å². The summed E-state index contributed by atoms with van der Waals surface area (Å²) in [6, 6.07) is 0. The molecule has 25 heavy (non-hydrogen) atoms. The predicted molar refractivity (Wildman–Crippen MR) is 96.8 cm³/mol. The number of hydrogen-bond donors (Lipinski definition) is 0. The fourth-order valence-electron chi connectivity index (χ4n) is 4.65. The fraction of sp³-hybridized carbons (Fsp3) is 0.900. The van der Waals surface area contributed by atoms with Crippen molar-refractivity contribution in [1.29, 1.82) is 0 Å². The Morgan fingerprint density at radius 1 is 1.16 bits per heavy atom. The van der Waals surface area contributed by atoms with E-state index in [1.54, 1.807) is 0 Å². The zero-order chi connectivity index (χ0) is 19.0. The second-order valence-electron chi connectivity index (χ2n) is 9.70. The molecule has 2 rings (SSSR count). The highest BCUT2D eigenvalue weighted by Crippen LogP contribution is 2.66. The Morgan fingerprint density at radius 3 is 2.28 bits per heavy atom. The van der Waals surface area contributed by atoms with Crippen LogP contribution >= 0.6 is 0 Å². The zero-order valence-electron chi connectivity index (χ0n) is 17.1. The second-order valence-corrected chi connectivity index (χ2v) is 9.70. The minimum atomic E-state index is -0.226. The van der Waals surface area contributed by atoms with Gasteiger partial charge in [-0.1, -0.05) is 20.8 Å². The standard InChI is InChI=1S/C20H36NO4/c1-14(2)24-18(23)13-21(6,7)11-9-17(22)25-16-12-15-8-10-20(16,5)19(15,3)4/h14-16H,8-13H2,1-7H3/q+1/t15-,16+,20-/m1/s1. The summed E-state index contributed by atoms with van der Waals surface area (Å²) in [5.74, 6) is 0.294. The molecule has 3 atom stereocenters. The average molecular weight is 355 g/mol. The van der Waals surface area contributed by atoms with Crippen LogP contribution in [0.15, 0.2) is 0 Å². The minimum Gasteiger partial charge on any atom is -0.462 e. The van der Waals surface area contributed by atoms with Gasteiger partial charge in [-0.2, -0.15) is 0 Å². The van der Waals surface area contributed by atoms with Crippen molar-refractivity contribution in [2.75, 3.05) is 27.2 Å². The van der Waals surface area contributed by atoms with Gasteiger partial charge in [-0.3, -0.25) is 4.79 Å². The van der Waals surface area contributed by atoms with Crippen LogP contribution in [0.1, 0.15) is 60.3 Å². The largest absolute Gasteiger partial charge is 0.462 e. The third-order valence-corrected chi connectivity index (χ3v) is 6.83. The lowest BCUT2D eigenvalue weighted by Gasteiger charge is -2.38. The number of carbonyl (C=O) groups is 2. The third kappa shape index (κ3) is 4.18. The highest BCUT2D eigenvalue weighted by molar-refractivity contribution is 5.71. The lowest BCUT2D eigenvalue weighted by Crippen LogP contribution is -2.46. The molecule has 0 radical (unpaired) electrons. The summed E-state index contributed by atoms with van der Waals surface area (Å²) in [6.45, 7) is 11.4. The molecular weight excluding hydrogens is 318 g/mol. The summed E-state index contributed by atoms with van der Waals surface area (Å²) in [6.07, 6.45) is 3.65. The topological polar surface area (TPSA) is 52.6 Å². The summed E-state index contributed by atoms with van der Waals surface area (Å²) in [7, 11) is 3.88. The first-order valence-electron chi connectivity index (χ1n) is 9.58. The maximum atomic E-state index is 12.4. The maximum absolute atomic E-state index is 12.4. The van der Waals surface area contributed by atoms with Gasteiger partial charge in [0.2, 0.25) is 0 Å². The number of esters is 2. The molecule has 0 N–H and O–H groups in total. The molecule has 0 aromatic heterocycles. The Balaban J connectivity index is 1.82. The van der Waals surface area contributed by atoms with Crippen molar-refractivity contribution in [2.24, 2.45) is 16.7 Å². The molecule has 144 valence electrons. The molecule has 0 spiro atoms. The average Bonchev–Trinajstić information content (AvgIpc) is 2.77. The van der Waals surface area contributed by atoms with Crippen molar-refractivity contribution in [2.45, 2.75) is 72.5 Å². The number of nitrogens with zero attached hydrogens (tertiary/aromatic N) is 1. The van der Waals surface area contributed by atoms with Gasteiger partial charge in [0.1, 0.15) is 6.10 Å². The normalized spacial score (nSPS) is 30.6. The highest BCUT2D eigenvalue weighted by atomic mass is 16.5. The molecule has 0 amide bonds. The van der Waals surface area contributed by atoms with E-state index in [2.05, 4.69) is 20.8 Å². The molecule has 0 aromatic rings. The molecular formula is C20H36NO4+. The van der Waals surface area contributed by atoms with E-state index in [-0.39, 0.29) is 41.5 Å². The second kappa shape index (κ2) is 6.90. The Morgan fingerprint density at radius 2 is 1.80 bits per heavy atom. The first kappa shape index (κ1) is 20.2. The van der Waals surface area contributed by atoms with Gasteiger partial charge in [0.15, 0.2) is 6.54 Å². The molecule has 5 nitrogen and oxygen atoms in total. The summed E-state index contributed by atoms with van der Waals surface area (Å²) in [4.78, 5) is 24.2. The van der Waals surface area contributed by atoms with E-state index in [4.69, 9.17) is 9.47 Å². The van der Waals surface area contributed by atoms with Crippen molar-refractivity contribution >= 4 is 11.9 Å². The van der Waals surface area contributed by atoms with Crippen molar-refractivity contribution < 1.29 is 23.5 Å². The molecule has 2 aliphatic rings. The molecule has 2 fully saturated rings. The lowest BCUT2D eigenvalue weighted by atomic mass is 9.70. The van der Waals surface area contributed by atoms with E-state index >= 15 is 0 Å². The van der Waals surface area contributed by atoms with Gasteiger partial charge in [-0.15, -0.1) is 0 Å². The molecule has 0 aromatic carbocycles. The molecule has 2 saturated carbocycles. The summed E-state index contributed by atoms with van der Waals surface area (Å²) in [5, 5.41) is 0. The van der Waals surface area contributed by atoms with E-state index in [0.29, 0.717) is 23.4 Å².